The molecule has 3 aliphatic heterocycles. The van der Waals surface area contributed by atoms with E-state index < -0.39 is 70.4 Å². The Labute approximate surface area is 290 Å². The van der Waals surface area contributed by atoms with Gasteiger partial charge in [0, 0.05) is 45.0 Å². The van der Waals surface area contributed by atoms with Gasteiger partial charge in [-0.15, -0.1) is 0 Å². The van der Waals surface area contributed by atoms with E-state index in [4.69, 9.17) is 47.4 Å². The molecule has 15 atom stereocenters. The summed E-state index contributed by atoms with van der Waals surface area (Å²) in [5.41, 5.74) is -3.74. The highest BCUT2D eigenvalue weighted by Gasteiger charge is 2.77. The molecule has 13 nitrogen and oxygen atoms in total. The molecule has 0 unspecified atom stereocenters. The predicted octanol–water partition coefficient (Wildman–Crippen LogP) is 2.85. The summed E-state index contributed by atoms with van der Waals surface area (Å²) in [5.74, 6) is -2.30. The van der Waals surface area contributed by atoms with Crippen molar-refractivity contribution in [2.45, 2.75) is 158 Å². The average Bonchev–Trinajstić information content (AvgIpc) is 3.49. The first-order valence-corrected chi connectivity index (χ1v) is 18.3. The number of methoxy groups -OCH3 is 2. The topological polar surface area (TPSA) is 153 Å². The number of fused-ring (bicyclic) bond motifs is 4. The highest BCUT2D eigenvalue weighted by molar-refractivity contribution is 5.25. The van der Waals surface area contributed by atoms with Crippen LogP contribution in [0.15, 0.2) is 0 Å². The van der Waals surface area contributed by atoms with Crippen LogP contribution >= 0.6 is 0 Å². The molecule has 0 aromatic rings. The van der Waals surface area contributed by atoms with Gasteiger partial charge < -0.3 is 62.7 Å². The van der Waals surface area contributed by atoms with Gasteiger partial charge in [-0.1, -0.05) is 6.92 Å². The van der Waals surface area contributed by atoms with Crippen LogP contribution in [0.4, 0.5) is 0 Å². The Morgan fingerprint density at radius 3 is 2.27 bits per heavy atom. The van der Waals surface area contributed by atoms with Crippen molar-refractivity contribution >= 4 is 0 Å². The standard InChI is InChI=1S/C36H60O13/c1-20-27(43-19-41-8)28-29(49-32(4,5)48-28)30(45-20)46-22-13-25-35(17-44-31(2,3)47-25)26-23(10-11-34(35,38)14-22)36(39)12-9-21(16-37)33(36,6)15-24(26)42-18-40-7/h20-30,37-39H,9-19H2,1-8H3/t20-,21+,22-,23+,24+,25+,26+,27-,28+,29+,30-,33+,34-,35+,36-/m0/s1. The lowest BCUT2D eigenvalue weighted by atomic mass is 9.40. The third kappa shape index (κ3) is 5.68. The van der Waals surface area contributed by atoms with Gasteiger partial charge in [0.05, 0.1) is 47.6 Å². The lowest BCUT2D eigenvalue weighted by Gasteiger charge is -2.71. The van der Waals surface area contributed by atoms with Crippen LogP contribution in [0.1, 0.15) is 86.5 Å². The van der Waals surface area contributed by atoms with Gasteiger partial charge >= 0.3 is 0 Å². The van der Waals surface area contributed by atoms with Gasteiger partial charge in [-0.05, 0) is 78.6 Å². The SMILES string of the molecule is COCO[C@@H]1[C@H]2OC(C)(C)O[C@H]2[C@H](O[C@H]2C[C@H]3OC(C)(C)OC[C@]34[C@@H]3[C@@H](CC[C@]4(O)C2)[C@@]2(O)CC[C@H](CO)[C@@]2(C)C[C@H]3OCOC)O[C@H]1C. The molecule has 282 valence electrons. The first-order valence-electron chi connectivity index (χ1n) is 18.3. The Morgan fingerprint density at radius 1 is 0.837 bits per heavy atom. The summed E-state index contributed by atoms with van der Waals surface area (Å²) in [4.78, 5) is 0. The molecule has 0 amide bonds. The molecule has 3 heterocycles. The zero-order valence-corrected chi connectivity index (χ0v) is 30.6. The van der Waals surface area contributed by atoms with E-state index in [0.717, 1.165) is 6.42 Å². The Balaban J connectivity index is 1.22. The summed E-state index contributed by atoms with van der Waals surface area (Å²) in [6.45, 7) is 12.0. The molecule has 7 aliphatic rings. The quantitative estimate of drug-likeness (QED) is 0.239. The minimum absolute atomic E-state index is 0.0131. The molecular formula is C36H60O13. The number of hydrogen-bond acceptors (Lipinski definition) is 13. The second-order valence-corrected chi connectivity index (χ2v) is 17.1. The summed E-state index contributed by atoms with van der Waals surface area (Å²) in [7, 11) is 3.18. The Bertz CT molecular complexity index is 1200. The molecule has 4 aliphatic carbocycles. The number of aliphatic hydroxyl groups excluding tert-OH is 1. The van der Waals surface area contributed by atoms with E-state index in [9.17, 15) is 15.3 Å². The smallest absolute Gasteiger partial charge is 0.187 e. The number of ether oxygens (including phenoxy) is 10. The molecule has 4 saturated carbocycles. The van der Waals surface area contributed by atoms with Gasteiger partial charge in [0.15, 0.2) is 17.9 Å². The molecule has 0 aromatic heterocycles. The van der Waals surface area contributed by atoms with Crippen molar-refractivity contribution in [2.24, 2.45) is 28.6 Å². The maximum atomic E-state index is 13.1. The lowest BCUT2D eigenvalue weighted by molar-refractivity contribution is -0.410. The van der Waals surface area contributed by atoms with E-state index in [-0.39, 0.29) is 56.8 Å². The lowest BCUT2D eigenvalue weighted by Crippen LogP contribution is -2.78. The summed E-state index contributed by atoms with van der Waals surface area (Å²) in [5, 5.41) is 36.2. The van der Waals surface area contributed by atoms with E-state index >= 15 is 0 Å². The second-order valence-electron chi connectivity index (χ2n) is 17.1. The van der Waals surface area contributed by atoms with Gasteiger partial charge in [-0.2, -0.15) is 0 Å². The number of rotatable bonds is 9. The van der Waals surface area contributed by atoms with Crippen LogP contribution in [0, 0.1) is 28.6 Å². The molecule has 0 radical (unpaired) electrons. The Kier molecular flexibility index (Phi) is 9.63. The van der Waals surface area contributed by atoms with E-state index in [2.05, 4.69) is 6.92 Å². The fourth-order valence-electron chi connectivity index (χ4n) is 11.6. The molecule has 13 heteroatoms. The van der Waals surface area contributed by atoms with Crippen LogP contribution in [-0.2, 0) is 47.4 Å². The van der Waals surface area contributed by atoms with Crippen LogP contribution in [0.25, 0.3) is 0 Å². The first-order chi connectivity index (χ1) is 23.1. The van der Waals surface area contributed by atoms with Crippen LogP contribution in [0.3, 0.4) is 0 Å². The molecule has 3 N–H and O–H groups in total. The molecule has 3 saturated heterocycles. The minimum atomic E-state index is -1.26. The van der Waals surface area contributed by atoms with Gasteiger partial charge in [0.2, 0.25) is 0 Å². The van der Waals surface area contributed by atoms with Crippen LogP contribution in [0.5, 0.6) is 0 Å². The normalized spacial score (nSPS) is 52.8. The third-order valence-corrected chi connectivity index (χ3v) is 13.8. The second kappa shape index (κ2) is 12.8. The van der Waals surface area contributed by atoms with Crippen molar-refractivity contribution in [2.75, 3.05) is 41.0 Å². The molecule has 1 spiro atoms. The number of aliphatic hydroxyl groups is 3. The van der Waals surface area contributed by atoms with Crippen LogP contribution in [-0.4, -0.2) is 128 Å². The number of hydrogen-bond donors (Lipinski definition) is 3. The molecule has 0 aromatic carbocycles. The highest BCUT2D eigenvalue weighted by atomic mass is 16.8. The molecule has 7 rings (SSSR count). The highest BCUT2D eigenvalue weighted by Crippen LogP contribution is 2.71. The molecule has 0 bridgehead atoms. The monoisotopic (exact) mass is 700 g/mol. The van der Waals surface area contributed by atoms with Crippen LogP contribution in [0.2, 0.25) is 0 Å². The summed E-state index contributed by atoms with van der Waals surface area (Å²) in [6.07, 6.45) is -0.136. The van der Waals surface area contributed by atoms with Crippen molar-refractivity contribution in [1.29, 1.82) is 0 Å². The third-order valence-electron chi connectivity index (χ3n) is 13.8. The molecular weight excluding hydrogens is 640 g/mol. The molecule has 7 fully saturated rings. The first kappa shape index (κ1) is 36.8. The predicted molar refractivity (Wildman–Crippen MR) is 172 cm³/mol. The molecule has 49 heavy (non-hydrogen) atoms. The largest absolute Gasteiger partial charge is 0.396 e. The summed E-state index contributed by atoms with van der Waals surface area (Å²) >= 11 is 0. The van der Waals surface area contributed by atoms with Crippen molar-refractivity contribution in [1.82, 2.24) is 0 Å². The summed E-state index contributed by atoms with van der Waals surface area (Å²) in [6, 6.07) is 0. The fraction of sp³-hybridized carbons (Fsp3) is 1.00. The maximum absolute atomic E-state index is 13.1. The van der Waals surface area contributed by atoms with Gasteiger partial charge in [-0.25, -0.2) is 0 Å². The zero-order chi connectivity index (χ0) is 35.2. The van der Waals surface area contributed by atoms with Gasteiger partial charge in [0.25, 0.3) is 0 Å². The van der Waals surface area contributed by atoms with E-state index in [1.807, 2.05) is 34.6 Å². The van der Waals surface area contributed by atoms with Crippen LogP contribution < -0.4 is 0 Å². The Morgan fingerprint density at radius 2 is 1.55 bits per heavy atom. The van der Waals surface area contributed by atoms with Crippen molar-refractivity contribution in [3.8, 4) is 0 Å². The van der Waals surface area contributed by atoms with E-state index in [1.165, 1.54) is 0 Å². The van der Waals surface area contributed by atoms with Crippen molar-refractivity contribution in [3.63, 3.8) is 0 Å². The minimum Gasteiger partial charge on any atom is -0.396 e. The fourth-order valence-corrected chi connectivity index (χ4v) is 11.6. The van der Waals surface area contributed by atoms with Gasteiger partial charge in [-0.3, -0.25) is 0 Å². The summed E-state index contributed by atoms with van der Waals surface area (Å²) < 4.78 is 62.4. The van der Waals surface area contributed by atoms with Crippen molar-refractivity contribution in [3.05, 3.63) is 0 Å². The van der Waals surface area contributed by atoms with Crippen molar-refractivity contribution < 1.29 is 62.7 Å². The van der Waals surface area contributed by atoms with Gasteiger partial charge in [0.1, 0.15) is 31.9 Å². The Hall–Kier alpha value is -0.520. The zero-order valence-electron chi connectivity index (χ0n) is 30.6. The average molecular weight is 701 g/mol. The van der Waals surface area contributed by atoms with E-state index in [0.29, 0.717) is 38.5 Å². The maximum Gasteiger partial charge on any atom is 0.187 e. The van der Waals surface area contributed by atoms with E-state index in [1.54, 1.807) is 14.2 Å².